The Labute approximate surface area is 213 Å². The van der Waals surface area contributed by atoms with Crippen LogP contribution in [0, 0.1) is 0 Å². The average molecular weight is 483 g/mol. The molecule has 0 bridgehead atoms. The van der Waals surface area contributed by atoms with Gasteiger partial charge in [-0.2, -0.15) is 0 Å². The van der Waals surface area contributed by atoms with Crippen LogP contribution in [0.15, 0.2) is 89.8 Å². The maximum absolute atomic E-state index is 12.6. The third-order valence-electron chi connectivity index (χ3n) is 6.33. The molecule has 36 heavy (non-hydrogen) atoms. The van der Waals surface area contributed by atoms with Gasteiger partial charge in [-0.3, -0.25) is 14.7 Å². The Morgan fingerprint density at radius 1 is 0.972 bits per heavy atom. The summed E-state index contributed by atoms with van der Waals surface area (Å²) in [5.74, 6) is 0.241. The molecule has 1 N–H and O–H groups in total. The predicted molar refractivity (Wildman–Crippen MR) is 141 cm³/mol. The number of carbonyl (C=O) groups is 1. The molecule has 0 spiro atoms. The fraction of sp³-hybridized carbons (Fsp3) is 0.300. The highest BCUT2D eigenvalue weighted by Crippen LogP contribution is 2.26. The van der Waals surface area contributed by atoms with E-state index in [1.54, 1.807) is 12.4 Å². The molecule has 6 heteroatoms. The van der Waals surface area contributed by atoms with Crippen molar-refractivity contribution < 1.29 is 9.21 Å². The zero-order chi connectivity index (χ0) is 25.5. The number of hydrogen-bond donors (Lipinski definition) is 1. The van der Waals surface area contributed by atoms with Crippen LogP contribution in [0.4, 0.5) is 0 Å². The largest absolute Gasteiger partial charge is 0.447 e. The number of benzene rings is 2. The van der Waals surface area contributed by atoms with Crippen molar-refractivity contribution in [3.05, 3.63) is 119 Å². The lowest BCUT2D eigenvalue weighted by Gasteiger charge is -2.29. The first-order valence-electron chi connectivity index (χ1n) is 12.3. The summed E-state index contributed by atoms with van der Waals surface area (Å²) in [6, 6.07) is 23.1. The highest BCUT2D eigenvalue weighted by molar-refractivity contribution is 5.91. The van der Waals surface area contributed by atoms with Crippen LogP contribution in [0.25, 0.3) is 0 Å². The van der Waals surface area contributed by atoms with Crippen molar-refractivity contribution in [2.75, 3.05) is 0 Å². The molecule has 4 rings (SSSR count). The van der Waals surface area contributed by atoms with Gasteiger partial charge in [0.2, 0.25) is 5.89 Å². The Hall–Kier alpha value is -3.77. The van der Waals surface area contributed by atoms with E-state index in [1.807, 2.05) is 18.2 Å². The van der Waals surface area contributed by atoms with Crippen molar-refractivity contribution in [2.45, 2.75) is 58.8 Å². The lowest BCUT2D eigenvalue weighted by atomic mass is 9.86. The first kappa shape index (κ1) is 25.3. The summed E-state index contributed by atoms with van der Waals surface area (Å²) >= 11 is 0. The van der Waals surface area contributed by atoms with Crippen molar-refractivity contribution >= 4 is 5.91 Å². The van der Waals surface area contributed by atoms with Gasteiger partial charge in [-0.15, -0.1) is 0 Å². The first-order chi connectivity index (χ1) is 17.3. The minimum Gasteiger partial charge on any atom is -0.447 e. The smallest absolute Gasteiger partial charge is 0.273 e. The standard InChI is InChI=1S/C30H34N4O2/c1-22(25-10-6-5-7-11-25)34(19-23-12-14-26(15-13-23)30(2,3)4)20-28-33-27(21-36-28)29(35)32-18-24-9-8-16-31-17-24/h5-17,21-22H,18-20H2,1-4H3,(H,32,35). The molecule has 2 aromatic carbocycles. The fourth-order valence-electron chi connectivity index (χ4n) is 4.05. The Kier molecular flexibility index (Phi) is 7.96. The number of nitrogens with zero attached hydrogens (tertiary/aromatic N) is 3. The second-order valence-corrected chi connectivity index (χ2v) is 10.1. The third-order valence-corrected chi connectivity index (χ3v) is 6.33. The Balaban J connectivity index is 1.48. The molecule has 0 saturated carbocycles. The summed E-state index contributed by atoms with van der Waals surface area (Å²) in [5, 5.41) is 2.87. The summed E-state index contributed by atoms with van der Waals surface area (Å²) < 4.78 is 5.73. The molecule has 186 valence electrons. The highest BCUT2D eigenvalue weighted by Gasteiger charge is 2.21. The Morgan fingerprint density at radius 3 is 2.39 bits per heavy atom. The van der Waals surface area contributed by atoms with Crippen LogP contribution in [-0.4, -0.2) is 20.8 Å². The molecule has 0 fully saturated rings. The van der Waals surface area contributed by atoms with Gasteiger partial charge in [0.15, 0.2) is 5.69 Å². The molecule has 4 aromatic rings. The molecular weight excluding hydrogens is 448 g/mol. The number of hydrogen-bond acceptors (Lipinski definition) is 5. The number of amides is 1. The first-order valence-corrected chi connectivity index (χ1v) is 12.3. The lowest BCUT2D eigenvalue weighted by Crippen LogP contribution is -2.27. The minimum absolute atomic E-state index is 0.113. The van der Waals surface area contributed by atoms with Crippen molar-refractivity contribution in [3.8, 4) is 0 Å². The molecule has 2 aromatic heterocycles. The van der Waals surface area contributed by atoms with Crippen LogP contribution in [0.5, 0.6) is 0 Å². The molecule has 6 nitrogen and oxygen atoms in total. The van der Waals surface area contributed by atoms with E-state index in [0.717, 1.165) is 12.1 Å². The van der Waals surface area contributed by atoms with Crippen LogP contribution < -0.4 is 5.32 Å². The summed E-state index contributed by atoms with van der Waals surface area (Å²) in [4.78, 5) is 23.5. The van der Waals surface area contributed by atoms with E-state index in [9.17, 15) is 4.79 Å². The van der Waals surface area contributed by atoms with Gasteiger partial charge in [0, 0.05) is 31.5 Å². The normalized spacial score (nSPS) is 12.5. The van der Waals surface area contributed by atoms with E-state index >= 15 is 0 Å². The van der Waals surface area contributed by atoms with E-state index < -0.39 is 0 Å². The Bertz CT molecular complexity index is 1250. The second-order valence-electron chi connectivity index (χ2n) is 10.1. The zero-order valence-electron chi connectivity index (χ0n) is 21.4. The quantitative estimate of drug-likeness (QED) is 0.314. The number of oxazole rings is 1. The maximum Gasteiger partial charge on any atom is 0.273 e. The number of rotatable bonds is 9. The number of pyridine rings is 1. The predicted octanol–water partition coefficient (Wildman–Crippen LogP) is 6.06. The molecule has 0 saturated heterocycles. The van der Waals surface area contributed by atoms with Crippen molar-refractivity contribution in [2.24, 2.45) is 0 Å². The van der Waals surface area contributed by atoms with Crippen molar-refractivity contribution in [3.63, 3.8) is 0 Å². The van der Waals surface area contributed by atoms with Gasteiger partial charge in [-0.1, -0.05) is 81.4 Å². The summed E-state index contributed by atoms with van der Waals surface area (Å²) in [7, 11) is 0. The highest BCUT2D eigenvalue weighted by atomic mass is 16.3. The molecule has 2 heterocycles. The third kappa shape index (κ3) is 6.67. The van der Waals surface area contributed by atoms with Gasteiger partial charge in [-0.25, -0.2) is 4.98 Å². The lowest BCUT2D eigenvalue weighted by molar-refractivity contribution is 0.0945. The van der Waals surface area contributed by atoms with Crippen LogP contribution >= 0.6 is 0 Å². The maximum atomic E-state index is 12.6. The fourth-order valence-corrected chi connectivity index (χ4v) is 4.05. The SMILES string of the molecule is CC(c1ccccc1)N(Cc1ccc(C(C)(C)C)cc1)Cc1nc(C(=O)NCc2cccnc2)co1. The number of nitrogens with one attached hydrogen (secondary N) is 1. The van der Waals surface area contributed by atoms with Gasteiger partial charge in [-0.05, 0) is 40.7 Å². The van der Waals surface area contributed by atoms with E-state index in [0.29, 0.717) is 19.0 Å². The number of aromatic nitrogens is 2. The topological polar surface area (TPSA) is 71.3 Å². The van der Waals surface area contributed by atoms with Crippen molar-refractivity contribution in [1.29, 1.82) is 0 Å². The van der Waals surface area contributed by atoms with Gasteiger partial charge in [0.05, 0.1) is 6.54 Å². The molecule has 1 amide bonds. The van der Waals surface area contributed by atoms with Gasteiger partial charge in [0.25, 0.3) is 5.91 Å². The second kappa shape index (κ2) is 11.3. The summed E-state index contributed by atoms with van der Waals surface area (Å²) in [6.45, 7) is 10.4. The average Bonchev–Trinajstić information content (AvgIpc) is 3.36. The van der Waals surface area contributed by atoms with Gasteiger partial charge in [0.1, 0.15) is 6.26 Å². The molecule has 0 radical (unpaired) electrons. The molecular formula is C30H34N4O2. The van der Waals surface area contributed by atoms with Crippen LogP contribution in [0.1, 0.15) is 72.4 Å². The van der Waals surface area contributed by atoms with E-state index in [1.165, 1.54) is 23.0 Å². The Morgan fingerprint density at radius 2 is 1.72 bits per heavy atom. The molecule has 1 unspecified atom stereocenters. The van der Waals surface area contributed by atoms with E-state index in [-0.39, 0.29) is 23.1 Å². The molecule has 0 aliphatic heterocycles. The molecule has 1 atom stereocenters. The monoisotopic (exact) mass is 482 g/mol. The van der Waals surface area contributed by atoms with Crippen LogP contribution in [-0.2, 0) is 25.0 Å². The number of carbonyl (C=O) groups excluding carboxylic acids is 1. The minimum atomic E-state index is -0.269. The zero-order valence-corrected chi connectivity index (χ0v) is 21.4. The van der Waals surface area contributed by atoms with E-state index in [4.69, 9.17) is 4.42 Å². The van der Waals surface area contributed by atoms with Gasteiger partial charge >= 0.3 is 0 Å². The summed E-state index contributed by atoms with van der Waals surface area (Å²) in [6.07, 6.45) is 4.86. The van der Waals surface area contributed by atoms with Crippen molar-refractivity contribution in [1.82, 2.24) is 20.2 Å². The van der Waals surface area contributed by atoms with Crippen LogP contribution in [0.3, 0.4) is 0 Å². The van der Waals surface area contributed by atoms with E-state index in [2.05, 4.69) is 96.4 Å². The molecule has 0 aliphatic carbocycles. The van der Waals surface area contributed by atoms with Crippen LogP contribution in [0.2, 0.25) is 0 Å². The summed E-state index contributed by atoms with van der Waals surface area (Å²) in [5.41, 5.74) is 5.05. The van der Waals surface area contributed by atoms with Gasteiger partial charge < -0.3 is 9.73 Å². The molecule has 0 aliphatic rings.